The summed E-state index contributed by atoms with van der Waals surface area (Å²) in [6.07, 6.45) is 0. The van der Waals surface area contributed by atoms with Gasteiger partial charge in [0.2, 0.25) is 0 Å². The molecule has 0 saturated carbocycles. The third-order valence-electron chi connectivity index (χ3n) is 6.63. The Morgan fingerprint density at radius 3 is 1.80 bits per heavy atom. The molecule has 0 bridgehead atoms. The highest BCUT2D eigenvalue weighted by Crippen LogP contribution is 2.37. The molecule has 0 fully saturated rings. The van der Waals surface area contributed by atoms with Crippen LogP contribution in [-0.2, 0) is 0 Å². The van der Waals surface area contributed by atoms with E-state index in [9.17, 15) is 8.78 Å². The SMILES string of the molecule is CC1=C(C)C(C)C([SiH2]c2cccc(-c3ccc(F)cc3)c2-c2ccc(F)cc2)=C1C. The molecular formula is C27H26F2Si. The summed E-state index contributed by atoms with van der Waals surface area (Å²) in [5.41, 5.74) is 8.51. The van der Waals surface area contributed by atoms with Crippen molar-refractivity contribution in [3.8, 4) is 22.3 Å². The van der Waals surface area contributed by atoms with E-state index in [-0.39, 0.29) is 11.6 Å². The van der Waals surface area contributed by atoms with E-state index in [2.05, 4.69) is 45.9 Å². The lowest BCUT2D eigenvalue weighted by Crippen LogP contribution is -2.23. The molecule has 1 atom stereocenters. The molecular weight excluding hydrogens is 390 g/mol. The lowest BCUT2D eigenvalue weighted by atomic mass is 9.94. The highest BCUT2D eigenvalue weighted by atomic mass is 28.2. The number of hydrogen-bond donors (Lipinski definition) is 0. The van der Waals surface area contributed by atoms with Gasteiger partial charge in [0.05, 0.1) is 9.52 Å². The molecule has 0 N–H and O–H groups in total. The minimum absolute atomic E-state index is 0.241. The zero-order valence-corrected chi connectivity index (χ0v) is 19.3. The maximum Gasteiger partial charge on any atom is 0.123 e. The minimum atomic E-state index is -0.740. The molecule has 0 nitrogen and oxygen atoms in total. The van der Waals surface area contributed by atoms with Crippen LogP contribution >= 0.6 is 0 Å². The summed E-state index contributed by atoms with van der Waals surface area (Å²) in [4.78, 5) is 0. The van der Waals surface area contributed by atoms with E-state index in [0.29, 0.717) is 5.92 Å². The lowest BCUT2D eigenvalue weighted by Gasteiger charge is -2.19. The Morgan fingerprint density at radius 2 is 1.27 bits per heavy atom. The molecule has 0 aliphatic heterocycles. The van der Waals surface area contributed by atoms with E-state index in [1.54, 1.807) is 5.20 Å². The average Bonchev–Trinajstić information content (AvgIpc) is 2.93. The molecule has 0 saturated heterocycles. The van der Waals surface area contributed by atoms with Crippen molar-refractivity contribution >= 4 is 14.7 Å². The Kier molecular flexibility index (Phi) is 5.57. The fraction of sp³-hybridized carbons (Fsp3) is 0.185. The van der Waals surface area contributed by atoms with Gasteiger partial charge in [-0.05, 0) is 78.8 Å². The van der Waals surface area contributed by atoms with Crippen LogP contribution < -0.4 is 5.19 Å². The van der Waals surface area contributed by atoms with Gasteiger partial charge in [-0.15, -0.1) is 0 Å². The highest BCUT2D eigenvalue weighted by Gasteiger charge is 2.25. The Morgan fingerprint density at radius 1 is 0.700 bits per heavy atom. The molecule has 4 rings (SSSR count). The summed E-state index contributed by atoms with van der Waals surface area (Å²) < 4.78 is 27.2. The van der Waals surface area contributed by atoms with Gasteiger partial charge in [-0.3, -0.25) is 0 Å². The topological polar surface area (TPSA) is 0 Å². The first-order chi connectivity index (χ1) is 14.4. The van der Waals surface area contributed by atoms with Gasteiger partial charge < -0.3 is 0 Å². The molecule has 1 aliphatic rings. The van der Waals surface area contributed by atoms with Gasteiger partial charge in [0, 0.05) is 0 Å². The lowest BCUT2D eigenvalue weighted by molar-refractivity contribution is 0.627. The predicted octanol–water partition coefficient (Wildman–Crippen LogP) is 6.35. The maximum absolute atomic E-state index is 13.6. The number of hydrogen-bond acceptors (Lipinski definition) is 0. The van der Waals surface area contributed by atoms with E-state index < -0.39 is 9.52 Å². The quantitative estimate of drug-likeness (QED) is 0.435. The molecule has 3 aromatic carbocycles. The summed E-state index contributed by atoms with van der Waals surface area (Å²) in [5, 5.41) is 2.91. The molecule has 3 heteroatoms. The van der Waals surface area contributed by atoms with E-state index in [1.807, 2.05) is 24.3 Å². The predicted molar refractivity (Wildman–Crippen MR) is 126 cm³/mol. The fourth-order valence-electron chi connectivity index (χ4n) is 4.51. The largest absolute Gasteiger partial charge is 0.207 e. The standard InChI is InChI=1S/C27H26F2Si/c1-16-17(2)19(4)27(18(16)3)30-25-7-5-6-24(20-8-12-22(28)13-9-20)26(25)21-10-14-23(29)15-11-21/h5-15,18H,30H2,1-4H3. The molecule has 3 aromatic rings. The summed E-state index contributed by atoms with van der Waals surface area (Å²) >= 11 is 0. The van der Waals surface area contributed by atoms with E-state index in [0.717, 1.165) is 22.3 Å². The summed E-state index contributed by atoms with van der Waals surface area (Å²) in [5.74, 6) is -0.00682. The van der Waals surface area contributed by atoms with Crippen LogP contribution in [0, 0.1) is 17.6 Å². The van der Waals surface area contributed by atoms with Crippen LogP contribution in [0.5, 0.6) is 0 Å². The Labute approximate surface area is 179 Å². The van der Waals surface area contributed by atoms with Crippen LogP contribution in [0.25, 0.3) is 22.3 Å². The second kappa shape index (κ2) is 8.15. The summed E-state index contributed by atoms with van der Waals surface area (Å²) in [7, 11) is -0.740. The van der Waals surface area contributed by atoms with Crippen LogP contribution in [-0.4, -0.2) is 9.52 Å². The van der Waals surface area contributed by atoms with Crippen LogP contribution in [0.3, 0.4) is 0 Å². The zero-order valence-electron chi connectivity index (χ0n) is 17.9. The number of halogens is 2. The second-order valence-electron chi connectivity index (χ2n) is 8.21. The minimum Gasteiger partial charge on any atom is -0.207 e. The third kappa shape index (κ3) is 3.70. The van der Waals surface area contributed by atoms with E-state index in [4.69, 9.17) is 0 Å². The maximum atomic E-state index is 13.6. The molecule has 0 aromatic heterocycles. The molecule has 0 spiro atoms. The Bertz CT molecular complexity index is 1150. The van der Waals surface area contributed by atoms with Crippen molar-refractivity contribution in [3.63, 3.8) is 0 Å². The second-order valence-corrected chi connectivity index (χ2v) is 10.1. The highest BCUT2D eigenvalue weighted by molar-refractivity contribution is 6.63. The first-order valence-electron chi connectivity index (χ1n) is 10.4. The zero-order chi connectivity index (χ0) is 21.4. The van der Waals surface area contributed by atoms with Crippen molar-refractivity contribution in [2.75, 3.05) is 0 Å². The van der Waals surface area contributed by atoms with Crippen molar-refractivity contribution in [3.05, 3.63) is 100 Å². The first-order valence-corrected chi connectivity index (χ1v) is 11.8. The molecule has 0 radical (unpaired) electrons. The summed E-state index contributed by atoms with van der Waals surface area (Å²) in [6, 6.07) is 19.8. The number of allylic oxidation sites excluding steroid dienone is 4. The molecule has 152 valence electrons. The van der Waals surface area contributed by atoms with Crippen molar-refractivity contribution in [2.24, 2.45) is 5.92 Å². The van der Waals surface area contributed by atoms with Gasteiger partial charge in [-0.25, -0.2) is 8.78 Å². The molecule has 0 heterocycles. The fourth-order valence-corrected chi connectivity index (χ4v) is 6.89. The van der Waals surface area contributed by atoms with Gasteiger partial charge in [0.1, 0.15) is 11.6 Å². The Hall–Kier alpha value is -2.78. The molecule has 1 unspecified atom stereocenters. The van der Waals surface area contributed by atoms with E-state index >= 15 is 0 Å². The van der Waals surface area contributed by atoms with Crippen molar-refractivity contribution in [1.29, 1.82) is 0 Å². The third-order valence-corrected chi connectivity index (χ3v) is 9.12. The van der Waals surface area contributed by atoms with Gasteiger partial charge in [0.25, 0.3) is 0 Å². The van der Waals surface area contributed by atoms with Gasteiger partial charge in [-0.1, -0.05) is 70.9 Å². The smallest absolute Gasteiger partial charge is 0.123 e. The molecule has 30 heavy (non-hydrogen) atoms. The van der Waals surface area contributed by atoms with Crippen LogP contribution in [0.4, 0.5) is 8.78 Å². The van der Waals surface area contributed by atoms with Crippen LogP contribution in [0.1, 0.15) is 27.7 Å². The van der Waals surface area contributed by atoms with Crippen molar-refractivity contribution in [2.45, 2.75) is 27.7 Å². The van der Waals surface area contributed by atoms with Gasteiger partial charge in [0.15, 0.2) is 0 Å². The molecule has 0 amide bonds. The first kappa shape index (κ1) is 20.5. The van der Waals surface area contributed by atoms with Gasteiger partial charge in [-0.2, -0.15) is 0 Å². The number of benzene rings is 3. The number of rotatable bonds is 4. The average molecular weight is 417 g/mol. The van der Waals surface area contributed by atoms with E-state index in [1.165, 1.54) is 46.2 Å². The summed E-state index contributed by atoms with van der Waals surface area (Å²) in [6.45, 7) is 9.00. The normalized spacial score (nSPS) is 16.9. The van der Waals surface area contributed by atoms with Gasteiger partial charge >= 0.3 is 0 Å². The van der Waals surface area contributed by atoms with Crippen molar-refractivity contribution < 1.29 is 8.78 Å². The monoisotopic (exact) mass is 416 g/mol. The Balaban J connectivity index is 1.88. The molecule has 1 aliphatic carbocycles. The van der Waals surface area contributed by atoms with Crippen LogP contribution in [0.15, 0.2) is 88.6 Å². The van der Waals surface area contributed by atoms with Crippen molar-refractivity contribution in [1.82, 2.24) is 0 Å². The van der Waals surface area contributed by atoms with Crippen LogP contribution in [0.2, 0.25) is 0 Å².